The summed E-state index contributed by atoms with van der Waals surface area (Å²) in [5, 5.41) is 0. The van der Waals surface area contributed by atoms with Crippen LogP contribution < -0.4 is 9.80 Å². The van der Waals surface area contributed by atoms with Gasteiger partial charge in [0.25, 0.3) is 0 Å². The van der Waals surface area contributed by atoms with Crippen LogP contribution in [0.1, 0.15) is 18.9 Å². The highest BCUT2D eigenvalue weighted by Crippen LogP contribution is 2.28. The molecule has 0 unspecified atom stereocenters. The fraction of sp³-hybridized carbons (Fsp3) is 0.278. The number of hydrogen-bond acceptors (Lipinski definition) is 1. The van der Waals surface area contributed by atoms with Crippen LogP contribution in [0.15, 0.2) is 54.6 Å². The number of nitrogens with zero attached hydrogens (tertiary/aromatic N) is 2. The van der Waals surface area contributed by atoms with Crippen molar-refractivity contribution >= 4 is 17.4 Å². The number of carbonyl (C=O) groups excluding carboxylic acids is 1. The maximum atomic E-state index is 12.9. The van der Waals surface area contributed by atoms with Crippen LogP contribution in [0.2, 0.25) is 0 Å². The summed E-state index contributed by atoms with van der Waals surface area (Å²) in [4.78, 5) is 16.7. The van der Waals surface area contributed by atoms with Crippen molar-refractivity contribution in [1.29, 1.82) is 0 Å². The SMILES string of the molecule is CCN(C(=O)N1CCCc2ccccc21)c1ccccc1. The lowest BCUT2D eigenvalue weighted by molar-refractivity contribution is 0.251. The molecule has 2 aromatic rings. The Morgan fingerprint density at radius 3 is 2.57 bits per heavy atom. The number of benzene rings is 2. The van der Waals surface area contributed by atoms with Gasteiger partial charge < -0.3 is 0 Å². The van der Waals surface area contributed by atoms with Crippen LogP contribution in [0.4, 0.5) is 16.2 Å². The molecule has 3 nitrogen and oxygen atoms in total. The quantitative estimate of drug-likeness (QED) is 0.813. The van der Waals surface area contributed by atoms with Crippen molar-refractivity contribution in [3.63, 3.8) is 0 Å². The summed E-state index contributed by atoms with van der Waals surface area (Å²) < 4.78 is 0. The lowest BCUT2D eigenvalue weighted by Gasteiger charge is -2.34. The van der Waals surface area contributed by atoms with E-state index in [9.17, 15) is 4.79 Å². The van der Waals surface area contributed by atoms with E-state index in [1.807, 2.05) is 65.3 Å². The van der Waals surface area contributed by atoms with E-state index in [2.05, 4.69) is 6.07 Å². The Bertz CT molecular complexity index is 624. The Labute approximate surface area is 125 Å². The summed E-state index contributed by atoms with van der Waals surface area (Å²) >= 11 is 0. The second-order valence-corrected chi connectivity index (χ2v) is 5.25. The third kappa shape index (κ3) is 2.64. The monoisotopic (exact) mass is 280 g/mol. The Balaban J connectivity index is 1.92. The average molecular weight is 280 g/mol. The second-order valence-electron chi connectivity index (χ2n) is 5.25. The number of para-hydroxylation sites is 2. The predicted octanol–water partition coefficient (Wildman–Crippen LogP) is 4.09. The zero-order chi connectivity index (χ0) is 14.7. The van der Waals surface area contributed by atoms with Crippen LogP contribution >= 0.6 is 0 Å². The van der Waals surface area contributed by atoms with Gasteiger partial charge in [-0.1, -0.05) is 36.4 Å². The summed E-state index contributed by atoms with van der Waals surface area (Å²) in [6, 6.07) is 18.1. The molecule has 0 atom stereocenters. The predicted molar refractivity (Wildman–Crippen MR) is 87.0 cm³/mol. The Hall–Kier alpha value is -2.29. The molecule has 0 N–H and O–H groups in total. The first kappa shape index (κ1) is 13.7. The molecular weight excluding hydrogens is 260 g/mol. The highest BCUT2D eigenvalue weighted by atomic mass is 16.2. The molecule has 2 amide bonds. The third-order valence-corrected chi connectivity index (χ3v) is 3.96. The first-order valence-corrected chi connectivity index (χ1v) is 7.53. The van der Waals surface area contributed by atoms with Crippen molar-refractivity contribution in [2.24, 2.45) is 0 Å². The molecule has 0 fully saturated rings. The van der Waals surface area contributed by atoms with Gasteiger partial charge in [-0.2, -0.15) is 0 Å². The summed E-state index contributed by atoms with van der Waals surface area (Å²) in [7, 11) is 0. The Morgan fingerprint density at radius 1 is 1.10 bits per heavy atom. The number of hydrogen-bond donors (Lipinski definition) is 0. The molecule has 108 valence electrons. The van der Waals surface area contributed by atoms with Gasteiger partial charge in [-0.3, -0.25) is 9.80 Å². The molecule has 3 heteroatoms. The second kappa shape index (κ2) is 6.00. The van der Waals surface area contributed by atoms with Crippen LogP contribution in [0.3, 0.4) is 0 Å². The molecule has 2 aromatic carbocycles. The number of amides is 2. The summed E-state index contributed by atoms with van der Waals surface area (Å²) in [5.74, 6) is 0. The fourth-order valence-corrected chi connectivity index (χ4v) is 2.91. The first-order chi connectivity index (χ1) is 10.3. The summed E-state index contributed by atoms with van der Waals surface area (Å²) in [6.45, 7) is 3.47. The van der Waals surface area contributed by atoms with E-state index in [1.165, 1.54) is 5.56 Å². The van der Waals surface area contributed by atoms with Gasteiger partial charge in [0.2, 0.25) is 0 Å². The molecular formula is C18H20N2O. The molecule has 1 heterocycles. The van der Waals surface area contributed by atoms with Crippen LogP contribution in [0, 0.1) is 0 Å². The number of rotatable bonds is 2. The van der Waals surface area contributed by atoms with Gasteiger partial charge in [0, 0.05) is 24.5 Å². The average Bonchev–Trinajstić information content (AvgIpc) is 2.56. The molecule has 0 radical (unpaired) electrons. The molecule has 0 spiro atoms. The molecule has 0 bridgehead atoms. The number of carbonyl (C=O) groups is 1. The lowest BCUT2D eigenvalue weighted by atomic mass is 10.0. The molecule has 21 heavy (non-hydrogen) atoms. The van der Waals surface area contributed by atoms with Crippen molar-refractivity contribution in [3.05, 3.63) is 60.2 Å². The van der Waals surface area contributed by atoms with Crippen LogP contribution in [-0.4, -0.2) is 19.1 Å². The van der Waals surface area contributed by atoms with Crippen molar-refractivity contribution in [3.8, 4) is 0 Å². The number of urea groups is 1. The van der Waals surface area contributed by atoms with Gasteiger partial charge in [0.15, 0.2) is 0 Å². The fourth-order valence-electron chi connectivity index (χ4n) is 2.91. The number of anilines is 2. The van der Waals surface area contributed by atoms with Gasteiger partial charge in [-0.15, -0.1) is 0 Å². The van der Waals surface area contributed by atoms with Gasteiger partial charge in [-0.05, 0) is 43.5 Å². The molecule has 1 aliphatic heterocycles. The van der Waals surface area contributed by atoms with Crippen molar-refractivity contribution in [2.45, 2.75) is 19.8 Å². The van der Waals surface area contributed by atoms with Gasteiger partial charge in [0.05, 0.1) is 0 Å². The highest BCUT2D eigenvalue weighted by molar-refractivity contribution is 6.04. The first-order valence-electron chi connectivity index (χ1n) is 7.53. The van der Waals surface area contributed by atoms with Gasteiger partial charge in [-0.25, -0.2) is 4.79 Å². The number of fused-ring (bicyclic) bond motifs is 1. The van der Waals surface area contributed by atoms with E-state index in [0.29, 0.717) is 6.54 Å². The summed E-state index contributed by atoms with van der Waals surface area (Å²) in [6.07, 6.45) is 2.08. The lowest BCUT2D eigenvalue weighted by Crippen LogP contribution is -2.45. The van der Waals surface area contributed by atoms with Crippen LogP contribution in [0.5, 0.6) is 0 Å². The van der Waals surface area contributed by atoms with E-state index in [0.717, 1.165) is 30.8 Å². The Morgan fingerprint density at radius 2 is 1.81 bits per heavy atom. The largest absolute Gasteiger partial charge is 0.328 e. The summed E-state index contributed by atoms with van der Waals surface area (Å²) in [5.41, 5.74) is 3.28. The maximum absolute atomic E-state index is 12.9. The van der Waals surface area contributed by atoms with E-state index in [1.54, 1.807) is 0 Å². The van der Waals surface area contributed by atoms with E-state index < -0.39 is 0 Å². The smallest absolute Gasteiger partial charge is 0.294 e. The van der Waals surface area contributed by atoms with E-state index in [-0.39, 0.29) is 6.03 Å². The minimum absolute atomic E-state index is 0.0656. The highest BCUT2D eigenvalue weighted by Gasteiger charge is 2.26. The minimum Gasteiger partial charge on any atom is -0.294 e. The molecule has 0 saturated carbocycles. The molecule has 0 saturated heterocycles. The van der Waals surface area contributed by atoms with E-state index >= 15 is 0 Å². The Kier molecular flexibility index (Phi) is 3.91. The third-order valence-electron chi connectivity index (χ3n) is 3.96. The molecule has 0 aliphatic carbocycles. The van der Waals surface area contributed by atoms with E-state index in [4.69, 9.17) is 0 Å². The topological polar surface area (TPSA) is 23.6 Å². The van der Waals surface area contributed by atoms with Crippen molar-refractivity contribution < 1.29 is 4.79 Å². The normalized spacial score (nSPS) is 13.7. The van der Waals surface area contributed by atoms with Crippen LogP contribution in [0.25, 0.3) is 0 Å². The molecule has 1 aliphatic rings. The maximum Gasteiger partial charge on any atom is 0.328 e. The molecule has 3 rings (SSSR count). The van der Waals surface area contributed by atoms with Crippen molar-refractivity contribution in [1.82, 2.24) is 0 Å². The standard InChI is InChI=1S/C18H20N2O/c1-2-19(16-11-4-3-5-12-16)18(21)20-14-8-10-15-9-6-7-13-17(15)20/h3-7,9,11-13H,2,8,10,14H2,1H3. The molecule has 0 aromatic heterocycles. The van der Waals surface area contributed by atoms with Crippen molar-refractivity contribution in [2.75, 3.05) is 22.9 Å². The number of aryl methyl sites for hydroxylation is 1. The van der Waals surface area contributed by atoms with Gasteiger partial charge in [0.1, 0.15) is 0 Å². The zero-order valence-corrected chi connectivity index (χ0v) is 12.3. The van der Waals surface area contributed by atoms with Gasteiger partial charge >= 0.3 is 6.03 Å². The zero-order valence-electron chi connectivity index (χ0n) is 12.3. The van der Waals surface area contributed by atoms with Crippen LogP contribution in [-0.2, 0) is 6.42 Å². The minimum atomic E-state index is 0.0656.